The van der Waals surface area contributed by atoms with Gasteiger partial charge in [-0.25, -0.2) is 4.98 Å². The van der Waals surface area contributed by atoms with Gasteiger partial charge in [0, 0.05) is 11.8 Å². The molecule has 0 bridgehead atoms. The molecule has 0 aliphatic carbocycles. The molecule has 1 aromatic heterocycles. The number of ether oxygens (including phenoxy) is 1. The molecule has 0 amide bonds. The number of aliphatic hydroxyl groups excluding tert-OH is 1. The Labute approximate surface area is 113 Å². The lowest BCUT2D eigenvalue weighted by molar-refractivity contribution is 0.279. The molecule has 1 N–H and O–H groups in total. The molecule has 1 aromatic carbocycles. The van der Waals surface area contributed by atoms with Crippen molar-refractivity contribution in [2.24, 2.45) is 0 Å². The minimum Gasteiger partial charge on any atom is -0.423 e. The summed E-state index contributed by atoms with van der Waals surface area (Å²) in [6.07, 6.45) is 1.58. The third kappa shape index (κ3) is 2.92. The Balaban J connectivity index is 2.25. The molecule has 0 unspecified atom stereocenters. The smallest absolute Gasteiger partial charge is 0.322 e. The van der Waals surface area contributed by atoms with E-state index in [0.717, 1.165) is 15.0 Å². The third-order valence-corrected chi connectivity index (χ3v) is 3.16. The van der Waals surface area contributed by atoms with E-state index in [0.29, 0.717) is 11.6 Å². The second kappa shape index (κ2) is 5.42. The maximum Gasteiger partial charge on any atom is 0.322 e. The molecule has 0 saturated heterocycles. The van der Waals surface area contributed by atoms with Gasteiger partial charge in [-0.15, -0.1) is 0 Å². The molecular weight excluding hydrogens is 331 g/mol. The largest absolute Gasteiger partial charge is 0.423 e. The first-order valence-corrected chi connectivity index (χ1v) is 6.14. The molecule has 1 heterocycles. The molecule has 5 heteroatoms. The lowest BCUT2D eigenvalue weighted by Gasteiger charge is -2.07. The van der Waals surface area contributed by atoms with Gasteiger partial charge in [0.1, 0.15) is 5.75 Å². The van der Waals surface area contributed by atoms with Crippen molar-refractivity contribution in [1.82, 2.24) is 9.97 Å². The van der Waals surface area contributed by atoms with Crippen LogP contribution in [0.5, 0.6) is 11.8 Å². The number of para-hydroxylation sites is 1. The van der Waals surface area contributed by atoms with E-state index in [9.17, 15) is 0 Å². The molecule has 0 atom stereocenters. The number of halogens is 1. The van der Waals surface area contributed by atoms with Crippen LogP contribution in [0.4, 0.5) is 0 Å². The minimum absolute atomic E-state index is 0.0605. The van der Waals surface area contributed by atoms with Gasteiger partial charge in [-0.2, -0.15) is 4.98 Å². The SMILES string of the molecule is Cc1nc(Oc2ccccc2I)ncc1CO. The van der Waals surface area contributed by atoms with Gasteiger partial charge in [-0.1, -0.05) is 12.1 Å². The number of aliphatic hydroxyl groups is 1. The van der Waals surface area contributed by atoms with Crippen LogP contribution in [0.1, 0.15) is 11.3 Å². The monoisotopic (exact) mass is 342 g/mol. The van der Waals surface area contributed by atoms with E-state index in [2.05, 4.69) is 32.6 Å². The zero-order valence-electron chi connectivity index (χ0n) is 9.22. The summed E-state index contributed by atoms with van der Waals surface area (Å²) in [7, 11) is 0. The molecule has 17 heavy (non-hydrogen) atoms. The number of aromatic nitrogens is 2. The van der Waals surface area contributed by atoms with Crippen LogP contribution in [0.2, 0.25) is 0 Å². The minimum atomic E-state index is -0.0605. The van der Waals surface area contributed by atoms with E-state index in [4.69, 9.17) is 9.84 Å². The van der Waals surface area contributed by atoms with Crippen LogP contribution in [0.15, 0.2) is 30.5 Å². The van der Waals surface area contributed by atoms with Gasteiger partial charge in [0.05, 0.1) is 15.9 Å². The zero-order valence-corrected chi connectivity index (χ0v) is 11.4. The van der Waals surface area contributed by atoms with E-state index in [1.807, 2.05) is 31.2 Å². The maximum absolute atomic E-state index is 9.02. The Morgan fingerprint density at radius 1 is 1.35 bits per heavy atom. The molecule has 0 fully saturated rings. The fourth-order valence-corrected chi connectivity index (χ4v) is 1.80. The van der Waals surface area contributed by atoms with Crippen LogP contribution < -0.4 is 4.74 Å². The highest BCUT2D eigenvalue weighted by Crippen LogP contribution is 2.24. The Morgan fingerprint density at radius 3 is 2.76 bits per heavy atom. The van der Waals surface area contributed by atoms with E-state index >= 15 is 0 Å². The van der Waals surface area contributed by atoms with Crippen molar-refractivity contribution in [3.63, 3.8) is 0 Å². The summed E-state index contributed by atoms with van der Waals surface area (Å²) >= 11 is 2.19. The predicted molar refractivity (Wildman–Crippen MR) is 71.9 cm³/mol. The zero-order chi connectivity index (χ0) is 12.3. The Hall–Kier alpha value is -1.21. The number of benzene rings is 1. The van der Waals surface area contributed by atoms with Crippen molar-refractivity contribution in [2.75, 3.05) is 0 Å². The first-order chi connectivity index (χ1) is 8.20. The van der Waals surface area contributed by atoms with Gasteiger partial charge in [-0.3, -0.25) is 0 Å². The van der Waals surface area contributed by atoms with Crippen molar-refractivity contribution >= 4 is 22.6 Å². The van der Waals surface area contributed by atoms with Crippen molar-refractivity contribution in [1.29, 1.82) is 0 Å². The maximum atomic E-state index is 9.02. The lowest BCUT2D eigenvalue weighted by Crippen LogP contribution is -1.99. The van der Waals surface area contributed by atoms with E-state index < -0.39 is 0 Å². The second-order valence-corrected chi connectivity index (χ2v) is 4.62. The van der Waals surface area contributed by atoms with Gasteiger partial charge in [-0.05, 0) is 41.6 Å². The van der Waals surface area contributed by atoms with Crippen LogP contribution in [0.25, 0.3) is 0 Å². The number of rotatable bonds is 3. The topological polar surface area (TPSA) is 55.2 Å². The molecule has 0 aliphatic rings. The molecule has 2 aromatic rings. The highest BCUT2D eigenvalue weighted by molar-refractivity contribution is 14.1. The highest BCUT2D eigenvalue weighted by Gasteiger charge is 2.06. The van der Waals surface area contributed by atoms with Crippen LogP contribution in [0.3, 0.4) is 0 Å². The van der Waals surface area contributed by atoms with E-state index in [-0.39, 0.29) is 6.61 Å². The summed E-state index contributed by atoms with van der Waals surface area (Å²) in [6.45, 7) is 1.75. The molecule has 0 aliphatic heterocycles. The molecular formula is C12H11IN2O2. The summed E-state index contributed by atoms with van der Waals surface area (Å²) in [5, 5.41) is 9.02. The summed E-state index contributed by atoms with van der Waals surface area (Å²) < 4.78 is 6.58. The van der Waals surface area contributed by atoms with Crippen molar-refractivity contribution in [3.05, 3.63) is 45.3 Å². The average Bonchev–Trinajstić information content (AvgIpc) is 2.32. The van der Waals surface area contributed by atoms with Crippen LogP contribution in [-0.2, 0) is 6.61 Å². The predicted octanol–water partition coefficient (Wildman–Crippen LogP) is 2.67. The fraction of sp³-hybridized carbons (Fsp3) is 0.167. The molecule has 2 rings (SSSR count). The van der Waals surface area contributed by atoms with E-state index in [1.165, 1.54) is 0 Å². The Bertz CT molecular complexity index is 532. The van der Waals surface area contributed by atoms with Crippen molar-refractivity contribution in [2.45, 2.75) is 13.5 Å². The summed E-state index contributed by atoms with van der Waals surface area (Å²) in [5.41, 5.74) is 1.43. The normalized spacial score (nSPS) is 10.3. The van der Waals surface area contributed by atoms with Gasteiger partial charge in [0.2, 0.25) is 0 Å². The Morgan fingerprint density at radius 2 is 2.12 bits per heavy atom. The lowest BCUT2D eigenvalue weighted by atomic mass is 10.3. The summed E-state index contributed by atoms with van der Waals surface area (Å²) in [5.74, 6) is 0.726. The average molecular weight is 342 g/mol. The van der Waals surface area contributed by atoms with E-state index in [1.54, 1.807) is 6.20 Å². The molecule has 88 valence electrons. The fourth-order valence-electron chi connectivity index (χ4n) is 1.30. The van der Waals surface area contributed by atoms with Gasteiger partial charge in [0.25, 0.3) is 0 Å². The summed E-state index contributed by atoms with van der Waals surface area (Å²) in [4.78, 5) is 8.23. The van der Waals surface area contributed by atoms with Crippen LogP contribution in [0, 0.1) is 10.5 Å². The molecule has 0 saturated carbocycles. The van der Waals surface area contributed by atoms with Gasteiger partial charge < -0.3 is 9.84 Å². The third-order valence-electron chi connectivity index (χ3n) is 2.27. The number of hydrogen-bond acceptors (Lipinski definition) is 4. The molecule has 4 nitrogen and oxygen atoms in total. The molecule has 0 spiro atoms. The quantitative estimate of drug-likeness (QED) is 0.872. The van der Waals surface area contributed by atoms with Gasteiger partial charge >= 0.3 is 6.01 Å². The highest BCUT2D eigenvalue weighted by atomic mass is 127. The number of aryl methyl sites for hydroxylation is 1. The van der Waals surface area contributed by atoms with Gasteiger partial charge in [0.15, 0.2) is 0 Å². The number of hydrogen-bond donors (Lipinski definition) is 1. The number of nitrogens with zero attached hydrogens (tertiary/aromatic N) is 2. The second-order valence-electron chi connectivity index (χ2n) is 3.45. The van der Waals surface area contributed by atoms with Crippen molar-refractivity contribution < 1.29 is 9.84 Å². The first-order valence-electron chi connectivity index (χ1n) is 5.06. The standard InChI is InChI=1S/C12H11IN2O2/c1-8-9(7-16)6-14-12(15-8)17-11-5-3-2-4-10(11)13/h2-6,16H,7H2,1H3. The van der Waals surface area contributed by atoms with Crippen LogP contribution in [-0.4, -0.2) is 15.1 Å². The van der Waals surface area contributed by atoms with Crippen LogP contribution >= 0.6 is 22.6 Å². The van der Waals surface area contributed by atoms with Crippen molar-refractivity contribution in [3.8, 4) is 11.8 Å². The molecule has 0 radical (unpaired) electrons. The summed E-state index contributed by atoms with van der Waals surface area (Å²) in [6, 6.07) is 7.94. The first kappa shape index (κ1) is 12.3. The Kier molecular flexibility index (Phi) is 3.90.